The van der Waals surface area contributed by atoms with Gasteiger partial charge in [-0.2, -0.15) is 5.26 Å². The predicted molar refractivity (Wildman–Crippen MR) is 83.0 cm³/mol. The molecule has 0 heterocycles. The molecule has 5 heteroatoms. The zero-order valence-corrected chi connectivity index (χ0v) is 13.4. The van der Waals surface area contributed by atoms with E-state index in [0.717, 1.165) is 16.1 Å². The van der Waals surface area contributed by atoms with Gasteiger partial charge in [0.05, 0.1) is 6.07 Å². The zero-order valence-electron chi connectivity index (χ0n) is 11.0. The highest BCUT2D eigenvalue weighted by molar-refractivity contribution is 9.10. The molecule has 0 aromatic heterocycles. The molecule has 21 heavy (non-hydrogen) atoms. The van der Waals surface area contributed by atoms with E-state index in [-0.39, 0.29) is 10.8 Å². The molecule has 0 fully saturated rings. The molecule has 0 saturated carbocycles. The summed E-state index contributed by atoms with van der Waals surface area (Å²) in [5, 5.41) is 9.39. The molecule has 2 aromatic carbocycles. The lowest BCUT2D eigenvalue weighted by Gasteiger charge is -2.12. The van der Waals surface area contributed by atoms with Crippen LogP contribution < -0.4 is 0 Å². The average Bonchev–Trinajstić information content (AvgIpc) is 2.41. The molecule has 106 valence electrons. The smallest absolute Gasteiger partial charge is 0.184 e. The van der Waals surface area contributed by atoms with Gasteiger partial charge in [-0.1, -0.05) is 33.6 Å². The van der Waals surface area contributed by atoms with E-state index >= 15 is 0 Å². The third-order valence-corrected chi connectivity index (χ3v) is 3.94. The summed E-state index contributed by atoms with van der Waals surface area (Å²) in [5.41, 5.74) is 1.52. The maximum atomic E-state index is 13.1. The second kappa shape index (κ2) is 6.38. The van der Waals surface area contributed by atoms with Crippen molar-refractivity contribution in [3.8, 4) is 6.07 Å². The predicted octanol–water partition coefficient (Wildman–Crippen LogP) is 5.04. The van der Waals surface area contributed by atoms with Crippen molar-refractivity contribution in [3.63, 3.8) is 0 Å². The van der Waals surface area contributed by atoms with Crippen LogP contribution in [-0.4, -0.2) is 5.78 Å². The fraction of sp³-hybridized carbons (Fsp3) is 0.125. The van der Waals surface area contributed by atoms with Crippen molar-refractivity contribution in [2.75, 3.05) is 0 Å². The molecule has 0 radical (unpaired) electrons. The average molecular weight is 367 g/mol. The highest BCUT2D eigenvalue weighted by Crippen LogP contribution is 2.29. The third-order valence-electron chi connectivity index (χ3n) is 3.12. The molecule has 2 rings (SSSR count). The molecule has 0 aliphatic rings. The molecule has 0 bridgehead atoms. The molecular formula is C16H10BrClFNO. The lowest BCUT2D eigenvalue weighted by atomic mass is 9.90. The Morgan fingerprint density at radius 1 is 1.33 bits per heavy atom. The van der Waals surface area contributed by atoms with Crippen LogP contribution in [0, 0.1) is 24.1 Å². The Kier molecular flexibility index (Phi) is 4.76. The summed E-state index contributed by atoms with van der Waals surface area (Å²) >= 11 is 9.27. The highest BCUT2D eigenvalue weighted by Gasteiger charge is 2.25. The number of hydrogen-bond acceptors (Lipinski definition) is 2. The molecule has 0 aliphatic carbocycles. The van der Waals surface area contributed by atoms with Crippen molar-refractivity contribution >= 4 is 33.3 Å². The quantitative estimate of drug-likeness (QED) is 0.714. The fourth-order valence-corrected chi connectivity index (χ4v) is 2.82. The number of rotatable bonds is 3. The van der Waals surface area contributed by atoms with Crippen LogP contribution in [0.15, 0.2) is 40.9 Å². The maximum Gasteiger partial charge on any atom is 0.184 e. The second-order valence-corrected chi connectivity index (χ2v) is 5.87. The van der Waals surface area contributed by atoms with Gasteiger partial charge >= 0.3 is 0 Å². The van der Waals surface area contributed by atoms with Gasteiger partial charge in [0.2, 0.25) is 0 Å². The Morgan fingerprint density at radius 3 is 2.62 bits per heavy atom. The second-order valence-electron chi connectivity index (χ2n) is 4.55. The van der Waals surface area contributed by atoms with Crippen LogP contribution in [0.1, 0.15) is 27.4 Å². The molecule has 2 aromatic rings. The molecular weight excluding hydrogens is 357 g/mol. The molecule has 0 saturated heterocycles. The summed E-state index contributed by atoms with van der Waals surface area (Å²) in [6.45, 7) is 1.79. The highest BCUT2D eigenvalue weighted by atomic mass is 79.9. The third kappa shape index (κ3) is 3.31. The van der Waals surface area contributed by atoms with Gasteiger partial charge < -0.3 is 0 Å². The van der Waals surface area contributed by atoms with E-state index in [2.05, 4.69) is 15.9 Å². The van der Waals surface area contributed by atoms with Gasteiger partial charge in [-0.15, -0.1) is 0 Å². The fourth-order valence-electron chi connectivity index (χ4n) is 2.06. The number of Topliss-reactive ketones (excluding diaryl/α,β-unsaturated/α-hetero) is 1. The first-order valence-electron chi connectivity index (χ1n) is 6.09. The first-order chi connectivity index (χ1) is 9.93. The van der Waals surface area contributed by atoms with Gasteiger partial charge in [0.25, 0.3) is 0 Å². The van der Waals surface area contributed by atoms with E-state index < -0.39 is 11.7 Å². The minimum absolute atomic E-state index is 0.0738. The summed E-state index contributed by atoms with van der Waals surface area (Å²) in [4.78, 5) is 12.6. The summed E-state index contributed by atoms with van der Waals surface area (Å²) < 4.78 is 13.9. The molecule has 0 amide bonds. The first kappa shape index (κ1) is 15.7. The number of nitrogens with zero attached hydrogens (tertiary/aromatic N) is 1. The van der Waals surface area contributed by atoms with Gasteiger partial charge in [-0.25, -0.2) is 4.39 Å². The van der Waals surface area contributed by atoms with E-state index in [1.807, 2.05) is 6.07 Å². The van der Waals surface area contributed by atoms with Crippen molar-refractivity contribution in [1.82, 2.24) is 0 Å². The van der Waals surface area contributed by atoms with Gasteiger partial charge in [0.1, 0.15) is 11.7 Å². The SMILES string of the molecule is Cc1cc(Br)ccc1C(=O)C(C#N)c1ccc(F)cc1Cl. The van der Waals surface area contributed by atoms with E-state index in [0.29, 0.717) is 11.1 Å². The van der Waals surface area contributed by atoms with Crippen LogP contribution in [0.2, 0.25) is 5.02 Å². The maximum absolute atomic E-state index is 13.1. The summed E-state index contributed by atoms with van der Waals surface area (Å²) in [6, 6.07) is 10.8. The molecule has 1 unspecified atom stereocenters. The van der Waals surface area contributed by atoms with E-state index in [1.54, 1.807) is 25.1 Å². The number of nitriles is 1. The monoisotopic (exact) mass is 365 g/mol. The number of hydrogen-bond donors (Lipinski definition) is 0. The minimum atomic E-state index is -1.06. The Hall–Kier alpha value is -1.70. The van der Waals surface area contributed by atoms with Crippen LogP contribution >= 0.6 is 27.5 Å². The Labute approximate surface area is 135 Å². The number of aryl methyl sites for hydroxylation is 1. The van der Waals surface area contributed by atoms with Crippen molar-refractivity contribution in [3.05, 3.63) is 68.4 Å². The lowest BCUT2D eigenvalue weighted by molar-refractivity contribution is 0.0978. The number of carbonyl (C=O) groups excluding carboxylic acids is 1. The van der Waals surface area contributed by atoms with E-state index in [4.69, 9.17) is 11.6 Å². The molecule has 2 nitrogen and oxygen atoms in total. The first-order valence-corrected chi connectivity index (χ1v) is 7.26. The number of halogens is 3. The van der Waals surface area contributed by atoms with Gasteiger partial charge in [-0.3, -0.25) is 4.79 Å². The van der Waals surface area contributed by atoms with Gasteiger partial charge in [0, 0.05) is 15.1 Å². The Bertz CT molecular complexity index is 754. The topological polar surface area (TPSA) is 40.9 Å². The van der Waals surface area contributed by atoms with Crippen LogP contribution in [0.3, 0.4) is 0 Å². The van der Waals surface area contributed by atoms with Crippen LogP contribution in [0.25, 0.3) is 0 Å². The molecule has 0 aliphatic heterocycles. The van der Waals surface area contributed by atoms with Crippen molar-refractivity contribution in [2.45, 2.75) is 12.8 Å². The normalized spacial score (nSPS) is 11.8. The standard InChI is InChI=1S/C16H10BrClFNO/c1-9-6-10(17)2-4-12(9)16(21)14(8-20)13-5-3-11(19)7-15(13)18/h2-7,14H,1H3. The number of carbonyl (C=O) groups is 1. The largest absolute Gasteiger partial charge is 0.292 e. The lowest BCUT2D eigenvalue weighted by Crippen LogP contribution is -2.13. The van der Waals surface area contributed by atoms with Crippen molar-refractivity contribution in [1.29, 1.82) is 5.26 Å². The van der Waals surface area contributed by atoms with Gasteiger partial charge in [0.15, 0.2) is 5.78 Å². The number of ketones is 1. The number of benzene rings is 2. The van der Waals surface area contributed by atoms with Crippen LogP contribution in [-0.2, 0) is 0 Å². The van der Waals surface area contributed by atoms with E-state index in [1.165, 1.54) is 12.1 Å². The van der Waals surface area contributed by atoms with Crippen molar-refractivity contribution < 1.29 is 9.18 Å². The molecule has 0 spiro atoms. The van der Waals surface area contributed by atoms with Crippen LogP contribution in [0.4, 0.5) is 4.39 Å². The van der Waals surface area contributed by atoms with E-state index in [9.17, 15) is 14.4 Å². The molecule has 0 N–H and O–H groups in total. The Morgan fingerprint density at radius 2 is 2.05 bits per heavy atom. The summed E-state index contributed by atoms with van der Waals surface area (Å²) in [5.74, 6) is -1.92. The van der Waals surface area contributed by atoms with Crippen molar-refractivity contribution in [2.24, 2.45) is 0 Å². The molecule has 1 atom stereocenters. The summed E-state index contributed by atoms with van der Waals surface area (Å²) in [7, 11) is 0. The Balaban J connectivity index is 2.46. The van der Waals surface area contributed by atoms with Crippen LogP contribution in [0.5, 0.6) is 0 Å². The van der Waals surface area contributed by atoms with Gasteiger partial charge in [-0.05, 0) is 48.4 Å². The minimum Gasteiger partial charge on any atom is -0.292 e. The summed E-state index contributed by atoms with van der Waals surface area (Å²) in [6.07, 6.45) is 0. The zero-order chi connectivity index (χ0) is 15.6.